The number of fused-ring (bicyclic) bond motifs is 1. The Bertz CT molecular complexity index is 1360. The van der Waals surface area contributed by atoms with E-state index in [0.29, 0.717) is 21.8 Å². The summed E-state index contributed by atoms with van der Waals surface area (Å²) in [7, 11) is -2.16. The fourth-order valence-electron chi connectivity index (χ4n) is 4.26. The lowest BCUT2D eigenvalue weighted by Crippen LogP contribution is -2.29. The topological polar surface area (TPSA) is 92.8 Å². The maximum Gasteiger partial charge on any atom is 0.341 e. The van der Waals surface area contributed by atoms with Gasteiger partial charge in [0.2, 0.25) is 10.0 Å². The van der Waals surface area contributed by atoms with Crippen LogP contribution in [0.1, 0.15) is 55.1 Å². The molecule has 0 atom stereocenters. The maximum absolute atomic E-state index is 13.0. The number of thiophene rings is 1. The molecule has 7 nitrogen and oxygen atoms in total. The Labute approximate surface area is 209 Å². The Morgan fingerprint density at radius 2 is 1.80 bits per heavy atom. The predicted molar refractivity (Wildman–Crippen MR) is 139 cm³/mol. The highest BCUT2D eigenvalue weighted by Crippen LogP contribution is 2.38. The maximum atomic E-state index is 13.0. The third kappa shape index (κ3) is 5.57. The van der Waals surface area contributed by atoms with E-state index in [-0.39, 0.29) is 12.5 Å². The largest absolute Gasteiger partial charge is 0.465 e. The molecule has 0 saturated heterocycles. The molecule has 1 amide bonds. The smallest absolute Gasteiger partial charge is 0.341 e. The summed E-state index contributed by atoms with van der Waals surface area (Å²) in [5.74, 6) is -0.772. The Kier molecular flexibility index (Phi) is 7.28. The van der Waals surface area contributed by atoms with E-state index < -0.39 is 16.0 Å². The molecule has 1 heterocycles. The molecule has 0 radical (unpaired) electrons. The molecule has 4 rings (SSSR count). The zero-order valence-corrected chi connectivity index (χ0v) is 21.6. The normalized spacial score (nSPS) is 13.1. The number of nitrogens with zero attached hydrogens (tertiary/aromatic N) is 1. The number of rotatable bonds is 7. The fourth-order valence-corrected chi connectivity index (χ4v) is 6.41. The Morgan fingerprint density at radius 3 is 2.46 bits per heavy atom. The lowest BCUT2D eigenvalue weighted by molar-refractivity contribution is 0.0601. The molecule has 9 heteroatoms. The van der Waals surface area contributed by atoms with Gasteiger partial charge in [0.25, 0.3) is 5.91 Å². The number of hydrogen-bond donors (Lipinski definition) is 1. The summed E-state index contributed by atoms with van der Waals surface area (Å²) in [5, 5.41) is 3.40. The number of sulfonamides is 1. The van der Waals surface area contributed by atoms with Crippen molar-refractivity contribution in [1.82, 2.24) is 0 Å². The van der Waals surface area contributed by atoms with Crippen LogP contribution >= 0.6 is 11.3 Å². The van der Waals surface area contributed by atoms with Gasteiger partial charge in [0.15, 0.2) is 0 Å². The van der Waals surface area contributed by atoms with Gasteiger partial charge >= 0.3 is 5.97 Å². The van der Waals surface area contributed by atoms with Gasteiger partial charge in [0.05, 0.1) is 31.2 Å². The molecule has 0 saturated carbocycles. The lowest BCUT2D eigenvalue weighted by atomic mass is 9.95. The van der Waals surface area contributed by atoms with Crippen LogP contribution in [-0.4, -0.2) is 33.7 Å². The minimum Gasteiger partial charge on any atom is -0.465 e. The molecular weight excluding hydrogens is 484 g/mol. The van der Waals surface area contributed by atoms with Crippen molar-refractivity contribution in [3.05, 3.63) is 81.2 Å². The second-order valence-electron chi connectivity index (χ2n) is 8.67. The number of ether oxygens (including phenoxy) is 1. The van der Waals surface area contributed by atoms with E-state index in [4.69, 9.17) is 4.74 Å². The van der Waals surface area contributed by atoms with Crippen molar-refractivity contribution < 1.29 is 22.7 Å². The van der Waals surface area contributed by atoms with Crippen molar-refractivity contribution in [2.45, 2.75) is 39.2 Å². The van der Waals surface area contributed by atoms with Gasteiger partial charge in [-0.05, 0) is 73.6 Å². The van der Waals surface area contributed by atoms with Crippen LogP contribution in [-0.2, 0) is 34.1 Å². The first kappa shape index (κ1) is 24.9. The van der Waals surface area contributed by atoms with Crippen LogP contribution in [0.15, 0.2) is 48.5 Å². The number of anilines is 2. The van der Waals surface area contributed by atoms with Crippen LogP contribution in [0.3, 0.4) is 0 Å². The molecule has 184 valence electrons. The van der Waals surface area contributed by atoms with E-state index in [1.165, 1.54) is 29.0 Å². The van der Waals surface area contributed by atoms with Crippen molar-refractivity contribution in [3.8, 4) is 0 Å². The highest BCUT2D eigenvalue weighted by atomic mass is 32.2. The van der Waals surface area contributed by atoms with Crippen LogP contribution in [0.2, 0.25) is 0 Å². The van der Waals surface area contributed by atoms with E-state index >= 15 is 0 Å². The third-order valence-electron chi connectivity index (χ3n) is 6.02. The van der Waals surface area contributed by atoms with Crippen LogP contribution in [0.4, 0.5) is 10.7 Å². The molecule has 0 aliphatic heterocycles. The Hall–Kier alpha value is -3.17. The van der Waals surface area contributed by atoms with E-state index in [1.54, 1.807) is 30.3 Å². The molecule has 0 unspecified atom stereocenters. The number of nitrogens with one attached hydrogen (secondary N) is 1. The molecule has 35 heavy (non-hydrogen) atoms. The predicted octanol–water partition coefficient (Wildman–Crippen LogP) is 4.94. The summed E-state index contributed by atoms with van der Waals surface area (Å²) in [4.78, 5) is 26.5. The molecular formula is C26H28N2O5S2. The molecule has 1 aliphatic rings. The summed E-state index contributed by atoms with van der Waals surface area (Å²) in [5.41, 5.74) is 4.15. The quantitative estimate of drug-likeness (QED) is 0.453. The molecule has 1 aliphatic carbocycles. The number of benzene rings is 2. The highest BCUT2D eigenvalue weighted by Gasteiger charge is 2.27. The van der Waals surface area contributed by atoms with Gasteiger partial charge in [-0.1, -0.05) is 24.3 Å². The number of aryl methyl sites for hydroxylation is 2. The number of esters is 1. The number of carbonyl (C=O) groups is 2. The van der Waals surface area contributed by atoms with Gasteiger partial charge < -0.3 is 10.1 Å². The van der Waals surface area contributed by atoms with Crippen molar-refractivity contribution >= 4 is 43.9 Å². The monoisotopic (exact) mass is 512 g/mol. The summed E-state index contributed by atoms with van der Waals surface area (Å²) >= 11 is 1.44. The number of amides is 1. The van der Waals surface area contributed by atoms with Crippen molar-refractivity contribution in [3.63, 3.8) is 0 Å². The van der Waals surface area contributed by atoms with Crippen molar-refractivity contribution in [2.24, 2.45) is 0 Å². The van der Waals surface area contributed by atoms with Gasteiger partial charge in [-0.2, -0.15) is 0 Å². The molecule has 1 aromatic heterocycles. The number of methoxy groups -OCH3 is 1. The summed E-state index contributed by atoms with van der Waals surface area (Å²) in [6, 6.07) is 14.1. The van der Waals surface area contributed by atoms with Crippen LogP contribution in [0.25, 0.3) is 0 Å². The third-order valence-corrected chi connectivity index (χ3v) is 8.37. The first-order valence-corrected chi connectivity index (χ1v) is 14.0. The average molecular weight is 513 g/mol. The second-order valence-corrected chi connectivity index (χ2v) is 11.7. The average Bonchev–Trinajstić information content (AvgIpc) is 3.19. The zero-order chi connectivity index (χ0) is 25.2. The Morgan fingerprint density at radius 1 is 1.09 bits per heavy atom. The molecule has 3 aromatic rings. The van der Waals surface area contributed by atoms with Crippen LogP contribution < -0.4 is 9.62 Å². The highest BCUT2D eigenvalue weighted by molar-refractivity contribution is 7.92. The van der Waals surface area contributed by atoms with Gasteiger partial charge in [-0.25, -0.2) is 13.2 Å². The van der Waals surface area contributed by atoms with E-state index in [0.717, 1.165) is 47.3 Å². The lowest BCUT2D eigenvalue weighted by Gasteiger charge is -2.23. The van der Waals surface area contributed by atoms with E-state index in [9.17, 15) is 18.0 Å². The fraction of sp³-hybridized carbons (Fsp3) is 0.308. The first-order chi connectivity index (χ1) is 16.7. The van der Waals surface area contributed by atoms with Crippen molar-refractivity contribution in [1.29, 1.82) is 0 Å². The molecule has 0 fully saturated rings. The van der Waals surface area contributed by atoms with E-state index in [1.807, 2.05) is 25.1 Å². The van der Waals surface area contributed by atoms with Gasteiger partial charge in [0.1, 0.15) is 5.00 Å². The first-order valence-electron chi connectivity index (χ1n) is 11.3. The summed E-state index contributed by atoms with van der Waals surface area (Å²) in [6.07, 6.45) is 4.95. The zero-order valence-electron chi connectivity index (χ0n) is 20.0. The SMILES string of the molecule is COC(=O)c1c(NC(=O)c2ccc(CN(c3cccc(C)c3)S(C)(=O)=O)cc2)sc2c1CCCC2. The molecule has 0 bridgehead atoms. The molecule has 1 N–H and O–H groups in total. The number of carbonyl (C=O) groups excluding carboxylic acids is 2. The molecule has 0 spiro atoms. The number of hydrogen-bond acceptors (Lipinski definition) is 6. The summed E-state index contributed by atoms with van der Waals surface area (Å²) < 4.78 is 31.2. The molecule has 2 aromatic carbocycles. The van der Waals surface area contributed by atoms with Crippen LogP contribution in [0, 0.1) is 6.92 Å². The van der Waals surface area contributed by atoms with Crippen molar-refractivity contribution in [2.75, 3.05) is 23.0 Å². The van der Waals surface area contributed by atoms with Crippen LogP contribution in [0.5, 0.6) is 0 Å². The van der Waals surface area contributed by atoms with E-state index in [2.05, 4.69) is 5.32 Å². The van der Waals surface area contributed by atoms with Gasteiger partial charge in [0, 0.05) is 10.4 Å². The summed E-state index contributed by atoms with van der Waals surface area (Å²) in [6.45, 7) is 2.06. The van der Waals surface area contributed by atoms with Gasteiger partial charge in [-0.15, -0.1) is 11.3 Å². The minimum atomic E-state index is -3.51. The second kappa shape index (κ2) is 10.2. The minimum absolute atomic E-state index is 0.147. The Balaban J connectivity index is 1.54. The van der Waals surface area contributed by atoms with Gasteiger partial charge in [-0.3, -0.25) is 9.10 Å². The standard InChI is InChI=1S/C26H28N2O5S2/c1-17-7-6-8-20(15-17)28(35(3,31)32)16-18-11-13-19(14-12-18)24(29)27-25-23(26(30)33-2)21-9-4-5-10-22(21)34-25/h6-8,11-15H,4-5,9-10,16H2,1-3H3,(H,27,29).